The predicted octanol–water partition coefficient (Wildman–Crippen LogP) is 3.59. The summed E-state index contributed by atoms with van der Waals surface area (Å²) in [6, 6.07) is 9.63. The van der Waals surface area contributed by atoms with Gasteiger partial charge in [-0.3, -0.25) is 5.41 Å². The molecule has 0 aliphatic rings. The van der Waals surface area contributed by atoms with Gasteiger partial charge in [0.25, 0.3) is 0 Å². The van der Waals surface area contributed by atoms with Gasteiger partial charge in [0.15, 0.2) is 0 Å². The van der Waals surface area contributed by atoms with Crippen LogP contribution in [0.1, 0.15) is 36.5 Å². The van der Waals surface area contributed by atoms with Crippen molar-refractivity contribution in [3.63, 3.8) is 0 Å². The molecular formula is C16H19N3O. The van der Waals surface area contributed by atoms with Gasteiger partial charge in [-0.1, -0.05) is 26.0 Å². The van der Waals surface area contributed by atoms with Gasteiger partial charge in [-0.2, -0.15) is 0 Å². The van der Waals surface area contributed by atoms with Gasteiger partial charge in [-0.15, -0.1) is 0 Å². The van der Waals surface area contributed by atoms with Crippen LogP contribution < -0.4 is 10.5 Å². The fourth-order valence-electron chi connectivity index (χ4n) is 1.92. The zero-order valence-electron chi connectivity index (χ0n) is 12.0. The Morgan fingerprint density at radius 1 is 1.25 bits per heavy atom. The first-order chi connectivity index (χ1) is 9.47. The molecule has 0 unspecified atom stereocenters. The Hall–Kier alpha value is -2.36. The molecule has 0 fully saturated rings. The van der Waals surface area contributed by atoms with Crippen molar-refractivity contribution in [3.05, 3.63) is 53.2 Å². The molecule has 2 aromatic rings. The minimum atomic E-state index is 0.00229. The molecule has 3 N–H and O–H groups in total. The second kappa shape index (κ2) is 5.74. The molecule has 1 aromatic heterocycles. The molecule has 0 spiro atoms. The van der Waals surface area contributed by atoms with Crippen molar-refractivity contribution in [1.29, 1.82) is 5.41 Å². The van der Waals surface area contributed by atoms with Gasteiger partial charge < -0.3 is 10.5 Å². The highest BCUT2D eigenvalue weighted by molar-refractivity contribution is 5.94. The predicted molar refractivity (Wildman–Crippen MR) is 80.6 cm³/mol. The molecule has 4 nitrogen and oxygen atoms in total. The summed E-state index contributed by atoms with van der Waals surface area (Å²) in [5.74, 6) is 1.70. The molecule has 0 saturated heterocycles. The SMILES string of the molecule is Cc1ccc(C(C)C)c(Oc2ccc(C(=N)N)cn2)c1. The highest BCUT2D eigenvalue weighted by Crippen LogP contribution is 2.30. The van der Waals surface area contributed by atoms with Gasteiger partial charge in [-0.25, -0.2) is 4.98 Å². The van der Waals surface area contributed by atoms with E-state index in [1.165, 1.54) is 0 Å². The topological polar surface area (TPSA) is 72.0 Å². The van der Waals surface area contributed by atoms with E-state index in [4.69, 9.17) is 15.9 Å². The number of aryl methyl sites for hydroxylation is 1. The molecular weight excluding hydrogens is 250 g/mol. The summed E-state index contributed by atoms with van der Waals surface area (Å²) in [5, 5.41) is 7.34. The molecule has 0 bridgehead atoms. The number of aromatic nitrogens is 1. The van der Waals surface area contributed by atoms with E-state index in [0.29, 0.717) is 17.4 Å². The highest BCUT2D eigenvalue weighted by Gasteiger charge is 2.10. The minimum Gasteiger partial charge on any atom is -0.439 e. The Kier molecular flexibility index (Phi) is 4.03. The number of benzene rings is 1. The van der Waals surface area contributed by atoms with E-state index in [-0.39, 0.29) is 5.84 Å². The van der Waals surface area contributed by atoms with E-state index in [2.05, 4.69) is 31.0 Å². The lowest BCUT2D eigenvalue weighted by molar-refractivity contribution is 0.454. The molecule has 1 aromatic carbocycles. The van der Waals surface area contributed by atoms with Crippen molar-refractivity contribution < 1.29 is 4.74 Å². The summed E-state index contributed by atoms with van der Waals surface area (Å²) < 4.78 is 5.86. The third-order valence-electron chi connectivity index (χ3n) is 3.05. The number of nitrogens with zero attached hydrogens (tertiary/aromatic N) is 1. The lowest BCUT2D eigenvalue weighted by Crippen LogP contribution is -2.11. The van der Waals surface area contributed by atoms with Gasteiger partial charge in [-0.05, 0) is 36.1 Å². The Bertz CT molecular complexity index is 618. The Morgan fingerprint density at radius 2 is 2.00 bits per heavy atom. The Morgan fingerprint density at radius 3 is 2.55 bits per heavy atom. The second-order valence-electron chi connectivity index (χ2n) is 5.10. The molecule has 0 saturated carbocycles. The van der Waals surface area contributed by atoms with E-state index in [1.54, 1.807) is 18.3 Å². The van der Waals surface area contributed by atoms with Crippen LogP contribution in [0.5, 0.6) is 11.6 Å². The standard InChI is InChI=1S/C16H19N3O/c1-10(2)13-6-4-11(3)8-14(13)20-15-7-5-12(9-19-15)16(17)18/h4-10H,1-3H3,(H3,17,18). The first-order valence-electron chi connectivity index (χ1n) is 6.56. The summed E-state index contributed by atoms with van der Waals surface area (Å²) in [5.41, 5.74) is 8.28. The number of rotatable bonds is 4. The number of ether oxygens (including phenoxy) is 1. The van der Waals surface area contributed by atoms with Crippen LogP contribution in [-0.2, 0) is 0 Å². The number of hydrogen-bond acceptors (Lipinski definition) is 3. The van der Waals surface area contributed by atoms with Crippen LogP contribution in [0, 0.1) is 12.3 Å². The van der Waals surface area contributed by atoms with E-state index < -0.39 is 0 Å². The first kappa shape index (κ1) is 14.1. The summed E-state index contributed by atoms with van der Waals surface area (Å²) in [6.07, 6.45) is 1.54. The van der Waals surface area contributed by atoms with E-state index >= 15 is 0 Å². The van der Waals surface area contributed by atoms with Crippen molar-refractivity contribution in [1.82, 2.24) is 4.98 Å². The Balaban J connectivity index is 2.29. The van der Waals surface area contributed by atoms with Gasteiger partial charge in [0, 0.05) is 17.8 Å². The van der Waals surface area contributed by atoms with E-state index in [1.807, 2.05) is 13.0 Å². The van der Waals surface area contributed by atoms with Crippen LogP contribution in [0.4, 0.5) is 0 Å². The summed E-state index contributed by atoms with van der Waals surface area (Å²) in [4.78, 5) is 4.18. The van der Waals surface area contributed by atoms with Crippen LogP contribution >= 0.6 is 0 Å². The molecule has 0 atom stereocenters. The Labute approximate surface area is 119 Å². The molecule has 20 heavy (non-hydrogen) atoms. The highest BCUT2D eigenvalue weighted by atomic mass is 16.5. The summed E-state index contributed by atoms with van der Waals surface area (Å²) >= 11 is 0. The van der Waals surface area contributed by atoms with E-state index in [0.717, 1.165) is 16.9 Å². The second-order valence-corrected chi connectivity index (χ2v) is 5.10. The molecule has 0 amide bonds. The molecule has 2 rings (SSSR count). The minimum absolute atomic E-state index is 0.00229. The fraction of sp³-hybridized carbons (Fsp3) is 0.250. The average Bonchev–Trinajstić information content (AvgIpc) is 2.39. The number of nitrogen functional groups attached to an aromatic ring is 1. The largest absolute Gasteiger partial charge is 0.439 e. The maximum atomic E-state index is 7.34. The van der Waals surface area contributed by atoms with Crippen molar-refractivity contribution in [2.45, 2.75) is 26.7 Å². The molecule has 0 radical (unpaired) electrons. The summed E-state index contributed by atoms with van der Waals surface area (Å²) in [6.45, 7) is 6.29. The van der Waals surface area contributed by atoms with Gasteiger partial charge in [0.2, 0.25) is 5.88 Å². The number of hydrogen-bond donors (Lipinski definition) is 2. The van der Waals surface area contributed by atoms with Crippen LogP contribution in [0.15, 0.2) is 36.5 Å². The van der Waals surface area contributed by atoms with Gasteiger partial charge in [0.05, 0.1) is 0 Å². The molecule has 104 valence electrons. The van der Waals surface area contributed by atoms with Gasteiger partial charge >= 0.3 is 0 Å². The number of pyridine rings is 1. The van der Waals surface area contributed by atoms with Crippen molar-refractivity contribution >= 4 is 5.84 Å². The lowest BCUT2D eigenvalue weighted by atomic mass is 10.0. The molecule has 1 heterocycles. The maximum absolute atomic E-state index is 7.34. The van der Waals surface area contributed by atoms with Gasteiger partial charge in [0.1, 0.15) is 11.6 Å². The van der Waals surface area contributed by atoms with Crippen LogP contribution in [-0.4, -0.2) is 10.8 Å². The van der Waals surface area contributed by atoms with Crippen molar-refractivity contribution in [2.24, 2.45) is 5.73 Å². The third-order valence-corrected chi connectivity index (χ3v) is 3.05. The van der Waals surface area contributed by atoms with E-state index in [9.17, 15) is 0 Å². The first-order valence-corrected chi connectivity index (χ1v) is 6.56. The number of nitrogens with two attached hydrogens (primary N) is 1. The summed E-state index contributed by atoms with van der Waals surface area (Å²) in [7, 11) is 0. The zero-order chi connectivity index (χ0) is 14.7. The fourth-order valence-corrected chi connectivity index (χ4v) is 1.92. The normalized spacial score (nSPS) is 10.6. The van der Waals surface area contributed by atoms with Crippen LogP contribution in [0.25, 0.3) is 0 Å². The number of nitrogens with one attached hydrogen (secondary N) is 1. The quantitative estimate of drug-likeness (QED) is 0.658. The smallest absolute Gasteiger partial charge is 0.219 e. The number of amidine groups is 1. The zero-order valence-corrected chi connectivity index (χ0v) is 12.0. The lowest BCUT2D eigenvalue weighted by Gasteiger charge is -2.14. The molecule has 0 aliphatic heterocycles. The van der Waals surface area contributed by atoms with Crippen LogP contribution in [0.2, 0.25) is 0 Å². The monoisotopic (exact) mass is 269 g/mol. The maximum Gasteiger partial charge on any atom is 0.219 e. The van der Waals surface area contributed by atoms with Crippen molar-refractivity contribution in [2.75, 3.05) is 0 Å². The molecule has 4 heteroatoms. The molecule has 0 aliphatic carbocycles. The third kappa shape index (κ3) is 3.15. The van der Waals surface area contributed by atoms with Crippen LogP contribution in [0.3, 0.4) is 0 Å². The van der Waals surface area contributed by atoms with Crippen molar-refractivity contribution in [3.8, 4) is 11.6 Å². The average molecular weight is 269 g/mol.